The highest BCUT2D eigenvalue weighted by molar-refractivity contribution is 6.24. The predicted octanol–water partition coefficient (Wildman–Crippen LogP) is 6.12. The van der Waals surface area contributed by atoms with Gasteiger partial charge in [-0.1, -0.05) is 78.9 Å². The van der Waals surface area contributed by atoms with Crippen molar-refractivity contribution in [1.82, 2.24) is 0 Å². The number of ether oxygens (including phenoxy) is 1. The summed E-state index contributed by atoms with van der Waals surface area (Å²) in [4.78, 5) is 0. The van der Waals surface area contributed by atoms with Crippen LogP contribution in [0, 0.1) is 0 Å². The van der Waals surface area contributed by atoms with Crippen LogP contribution >= 0.6 is 0 Å². The Morgan fingerprint density at radius 1 is 0.600 bits per heavy atom. The fourth-order valence-electron chi connectivity index (χ4n) is 3.65. The molecular weight excluding hydrogens is 368 g/mol. The van der Waals surface area contributed by atoms with E-state index in [-0.39, 0.29) is 0 Å². The van der Waals surface area contributed by atoms with E-state index >= 15 is 0 Å². The lowest BCUT2D eigenvalue weighted by atomic mass is 10.1. The van der Waals surface area contributed by atoms with Gasteiger partial charge >= 0.3 is 0 Å². The highest BCUT2D eigenvalue weighted by Crippen LogP contribution is 2.36. The third kappa shape index (κ3) is 3.65. The molecule has 0 aromatic heterocycles. The summed E-state index contributed by atoms with van der Waals surface area (Å²) in [5.41, 5.74) is 7.72. The normalized spacial score (nSPS) is 11.9. The number of hydrogen-bond acceptors (Lipinski definition) is 3. The first-order valence-electron chi connectivity index (χ1n) is 9.95. The Balaban J connectivity index is 1.32. The average molecular weight is 388 g/mol. The molecule has 0 saturated heterocycles. The molecule has 3 nitrogen and oxygen atoms in total. The van der Waals surface area contributed by atoms with Crippen LogP contribution in [0.4, 0.5) is 0 Å². The minimum Gasteiger partial charge on any atom is -0.489 e. The third-order valence-corrected chi connectivity index (χ3v) is 5.15. The van der Waals surface area contributed by atoms with E-state index in [1.807, 2.05) is 54.6 Å². The van der Waals surface area contributed by atoms with Crippen LogP contribution in [0.1, 0.15) is 22.3 Å². The van der Waals surface area contributed by atoms with Crippen LogP contribution in [0.3, 0.4) is 0 Å². The van der Waals surface area contributed by atoms with Gasteiger partial charge in [-0.2, -0.15) is 5.10 Å². The Hall–Kier alpha value is -3.98. The van der Waals surface area contributed by atoms with Crippen molar-refractivity contribution in [2.45, 2.75) is 6.61 Å². The van der Waals surface area contributed by atoms with E-state index in [0.717, 1.165) is 33.7 Å². The standard InChI is InChI=1S/C27H20N2O/c1-2-8-21(9-3-1)19-30-22-16-14-20(15-17-22)18-28-29-27-25-12-6-4-10-23(25)24-11-5-7-13-26(24)27/h1-18H,19H2/b28-18-. The molecule has 144 valence electrons. The van der Waals surface area contributed by atoms with Crippen molar-refractivity contribution in [2.75, 3.05) is 0 Å². The first-order chi connectivity index (χ1) is 14.9. The minimum atomic E-state index is 0.556. The quantitative estimate of drug-likeness (QED) is 0.264. The fraction of sp³-hybridized carbons (Fsp3) is 0.0370. The van der Waals surface area contributed by atoms with Crippen molar-refractivity contribution < 1.29 is 4.74 Å². The molecule has 0 saturated carbocycles. The first-order valence-corrected chi connectivity index (χ1v) is 9.95. The summed E-state index contributed by atoms with van der Waals surface area (Å²) in [6, 6.07) is 34.7. The van der Waals surface area contributed by atoms with E-state index in [2.05, 4.69) is 58.7 Å². The number of fused-ring (bicyclic) bond motifs is 3. The van der Waals surface area contributed by atoms with E-state index in [1.165, 1.54) is 11.1 Å². The maximum absolute atomic E-state index is 5.84. The first kappa shape index (κ1) is 18.1. The molecule has 0 amide bonds. The molecule has 1 aliphatic carbocycles. The number of nitrogens with zero attached hydrogens (tertiary/aromatic N) is 2. The van der Waals surface area contributed by atoms with Gasteiger partial charge < -0.3 is 4.74 Å². The Kier molecular flexibility index (Phi) is 4.93. The summed E-state index contributed by atoms with van der Waals surface area (Å²) < 4.78 is 5.84. The molecule has 5 rings (SSSR count). The van der Waals surface area contributed by atoms with E-state index in [4.69, 9.17) is 4.74 Å². The zero-order valence-electron chi connectivity index (χ0n) is 16.4. The van der Waals surface area contributed by atoms with Crippen molar-refractivity contribution in [3.05, 3.63) is 125 Å². The van der Waals surface area contributed by atoms with E-state index in [1.54, 1.807) is 6.21 Å². The van der Waals surface area contributed by atoms with E-state index < -0.39 is 0 Å². The lowest BCUT2D eigenvalue weighted by Gasteiger charge is -2.06. The largest absolute Gasteiger partial charge is 0.489 e. The van der Waals surface area contributed by atoms with Gasteiger partial charge in [0.15, 0.2) is 0 Å². The maximum Gasteiger partial charge on any atom is 0.119 e. The molecule has 0 fully saturated rings. The smallest absolute Gasteiger partial charge is 0.119 e. The summed E-state index contributed by atoms with van der Waals surface area (Å²) in [6.07, 6.45) is 1.78. The van der Waals surface area contributed by atoms with Crippen molar-refractivity contribution in [1.29, 1.82) is 0 Å². The second kappa shape index (κ2) is 8.18. The number of benzene rings is 4. The molecule has 0 radical (unpaired) electrons. The summed E-state index contributed by atoms with van der Waals surface area (Å²) in [6.45, 7) is 0.556. The number of hydrogen-bond donors (Lipinski definition) is 0. The summed E-state index contributed by atoms with van der Waals surface area (Å²) >= 11 is 0. The van der Waals surface area contributed by atoms with Gasteiger partial charge in [0.1, 0.15) is 18.1 Å². The van der Waals surface area contributed by atoms with Gasteiger partial charge in [0.05, 0.1) is 6.21 Å². The monoisotopic (exact) mass is 388 g/mol. The van der Waals surface area contributed by atoms with Gasteiger partial charge in [-0.15, -0.1) is 5.10 Å². The second-order valence-electron chi connectivity index (χ2n) is 7.13. The SMILES string of the molecule is C(=N/N=C1c2ccccc2-c2ccccc21)/c1ccc(OCc2ccccc2)cc1. The van der Waals surface area contributed by atoms with Crippen molar-refractivity contribution in [3.8, 4) is 16.9 Å². The molecule has 0 spiro atoms. The zero-order valence-corrected chi connectivity index (χ0v) is 16.4. The van der Waals surface area contributed by atoms with Gasteiger partial charge in [-0.3, -0.25) is 0 Å². The average Bonchev–Trinajstić information content (AvgIpc) is 3.13. The van der Waals surface area contributed by atoms with Crippen LogP contribution in [-0.4, -0.2) is 11.9 Å². The minimum absolute atomic E-state index is 0.556. The fourth-order valence-corrected chi connectivity index (χ4v) is 3.65. The lowest BCUT2D eigenvalue weighted by Crippen LogP contribution is -1.97. The van der Waals surface area contributed by atoms with E-state index in [0.29, 0.717) is 6.61 Å². The predicted molar refractivity (Wildman–Crippen MR) is 122 cm³/mol. The van der Waals surface area contributed by atoms with E-state index in [9.17, 15) is 0 Å². The van der Waals surface area contributed by atoms with Gasteiger partial charge in [0.25, 0.3) is 0 Å². The van der Waals surface area contributed by atoms with Crippen LogP contribution in [0.2, 0.25) is 0 Å². The molecule has 0 bridgehead atoms. The van der Waals surface area contributed by atoms with Crippen LogP contribution in [0.5, 0.6) is 5.75 Å². The molecule has 0 N–H and O–H groups in total. The molecule has 0 unspecified atom stereocenters. The molecule has 30 heavy (non-hydrogen) atoms. The van der Waals surface area contributed by atoms with Crippen LogP contribution < -0.4 is 4.74 Å². The van der Waals surface area contributed by atoms with Crippen molar-refractivity contribution in [2.24, 2.45) is 10.2 Å². The van der Waals surface area contributed by atoms with Gasteiger partial charge in [0, 0.05) is 11.1 Å². The van der Waals surface area contributed by atoms with Crippen LogP contribution in [0.25, 0.3) is 11.1 Å². The zero-order chi connectivity index (χ0) is 20.2. The maximum atomic E-state index is 5.84. The second-order valence-corrected chi connectivity index (χ2v) is 7.13. The van der Waals surface area contributed by atoms with Crippen LogP contribution in [0.15, 0.2) is 113 Å². The number of rotatable bonds is 5. The molecule has 0 aliphatic heterocycles. The Morgan fingerprint density at radius 3 is 1.80 bits per heavy atom. The molecule has 1 aliphatic rings. The van der Waals surface area contributed by atoms with Crippen LogP contribution in [-0.2, 0) is 6.61 Å². The lowest BCUT2D eigenvalue weighted by molar-refractivity contribution is 0.306. The van der Waals surface area contributed by atoms with Crippen molar-refractivity contribution in [3.63, 3.8) is 0 Å². The summed E-state index contributed by atoms with van der Waals surface area (Å²) in [7, 11) is 0. The molecule has 4 aromatic rings. The van der Waals surface area contributed by atoms with Gasteiger partial charge in [-0.05, 0) is 46.5 Å². The highest BCUT2D eigenvalue weighted by Gasteiger charge is 2.23. The molecular formula is C27H20N2O. The molecule has 4 aromatic carbocycles. The summed E-state index contributed by atoms with van der Waals surface area (Å²) in [5.74, 6) is 0.834. The molecule has 0 atom stereocenters. The Bertz CT molecular complexity index is 1180. The van der Waals surface area contributed by atoms with Gasteiger partial charge in [0.2, 0.25) is 0 Å². The van der Waals surface area contributed by atoms with Crippen molar-refractivity contribution >= 4 is 11.9 Å². The Labute approximate surface area is 176 Å². The molecule has 3 heteroatoms. The highest BCUT2D eigenvalue weighted by atomic mass is 16.5. The summed E-state index contributed by atoms with van der Waals surface area (Å²) in [5, 5.41) is 8.92. The molecule has 0 heterocycles. The third-order valence-electron chi connectivity index (χ3n) is 5.15. The topological polar surface area (TPSA) is 34.0 Å². The van der Waals surface area contributed by atoms with Gasteiger partial charge in [-0.25, -0.2) is 0 Å². The Morgan fingerprint density at radius 2 is 1.17 bits per heavy atom.